The molecule has 1 aliphatic rings. The number of nitrogens with one attached hydrogen (secondary N) is 1. The summed E-state index contributed by atoms with van der Waals surface area (Å²) in [6.07, 6.45) is 1.54. The maximum absolute atomic E-state index is 13.5. The molecule has 4 nitrogen and oxygen atoms in total. The van der Waals surface area contributed by atoms with E-state index in [2.05, 4.69) is 5.32 Å². The molecule has 0 spiro atoms. The molecule has 6 heteroatoms. The second kappa shape index (κ2) is 6.97. The van der Waals surface area contributed by atoms with Crippen LogP contribution in [0.4, 0.5) is 14.5 Å². The standard InChI is InChI=1S/C18H17F2NO3/c19-12-5-7-17(15(20)8-12)24-10-18(23)21-16-3-1-2-11-4-6-13(22)9-14(11)16/h1-3,5,7-8,13,22H,4,6,9-10H2,(H,21,23). The molecular formula is C18H17F2NO3. The van der Waals surface area contributed by atoms with Crippen molar-refractivity contribution in [2.45, 2.75) is 25.4 Å². The first-order valence-electron chi connectivity index (χ1n) is 7.69. The number of hydrogen-bond acceptors (Lipinski definition) is 3. The Labute approximate surface area is 138 Å². The number of hydrogen-bond donors (Lipinski definition) is 2. The zero-order chi connectivity index (χ0) is 17.1. The van der Waals surface area contributed by atoms with Crippen molar-refractivity contribution in [2.75, 3.05) is 11.9 Å². The first-order valence-corrected chi connectivity index (χ1v) is 7.69. The van der Waals surface area contributed by atoms with E-state index in [1.807, 2.05) is 12.1 Å². The number of anilines is 1. The molecule has 0 heterocycles. The van der Waals surface area contributed by atoms with Gasteiger partial charge in [0.15, 0.2) is 18.2 Å². The largest absolute Gasteiger partial charge is 0.481 e. The molecule has 126 valence electrons. The van der Waals surface area contributed by atoms with Gasteiger partial charge in [0.25, 0.3) is 5.91 Å². The Morgan fingerprint density at radius 1 is 1.29 bits per heavy atom. The molecule has 0 aromatic heterocycles. The average molecular weight is 333 g/mol. The monoisotopic (exact) mass is 333 g/mol. The smallest absolute Gasteiger partial charge is 0.262 e. The van der Waals surface area contributed by atoms with E-state index in [1.165, 1.54) is 0 Å². The molecule has 1 amide bonds. The highest BCUT2D eigenvalue weighted by atomic mass is 19.1. The Hall–Kier alpha value is -2.47. The minimum absolute atomic E-state index is 0.183. The van der Waals surface area contributed by atoms with Crippen LogP contribution in [0.3, 0.4) is 0 Å². The van der Waals surface area contributed by atoms with Crippen LogP contribution in [0.15, 0.2) is 36.4 Å². The lowest BCUT2D eigenvalue weighted by Crippen LogP contribution is -2.24. The first-order chi connectivity index (χ1) is 11.5. The van der Waals surface area contributed by atoms with E-state index in [1.54, 1.807) is 6.07 Å². The minimum atomic E-state index is -0.858. The van der Waals surface area contributed by atoms with Crippen molar-refractivity contribution in [1.82, 2.24) is 0 Å². The summed E-state index contributed by atoms with van der Waals surface area (Å²) in [5, 5.41) is 12.5. The van der Waals surface area contributed by atoms with Crippen LogP contribution >= 0.6 is 0 Å². The fourth-order valence-corrected chi connectivity index (χ4v) is 2.81. The number of carbonyl (C=O) groups is 1. The lowest BCUT2D eigenvalue weighted by Gasteiger charge is -2.23. The topological polar surface area (TPSA) is 58.6 Å². The maximum atomic E-state index is 13.5. The number of halogens is 2. The van der Waals surface area contributed by atoms with Crippen molar-refractivity contribution in [3.05, 3.63) is 59.2 Å². The third-order valence-corrected chi connectivity index (χ3v) is 3.99. The summed E-state index contributed by atoms with van der Waals surface area (Å²) in [5.41, 5.74) is 2.64. The number of aliphatic hydroxyl groups excluding tert-OH is 1. The Kier molecular flexibility index (Phi) is 4.76. The number of amides is 1. The second-order valence-corrected chi connectivity index (χ2v) is 5.75. The number of aliphatic hydroxyl groups is 1. The van der Waals surface area contributed by atoms with Gasteiger partial charge < -0.3 is 15.2 Å². The van der Waals surface area contributed by atoms with Gasteiger partial charge in [-0.1, -0.05) is 12.1 Å². The maximum Gasteiger partial charge on any atom is 0.262 e. The quantitative estimate of drug-likeness (QED) is 0.904. The van der Waals surface area contributed by atoms with Crippen LogP contribution in [-0.4, -0.2) is 23.7 Å². The Bertz CT molecular complexity index is 764. The van der Waals surface area contributed by atoms with Gasteiger partial charge in [-0.05, 0) is 42.2 Å². The number of aryl methyl sites for hydroxylation is 1. The van der Waals surface area contributed by atoms with E-state index in [4.69, 9.17) is 4.74 Å². The zero-order valence-electron chi connectivity index (χ0n) is 12.9. The first kappa shape index (κ1) is 16.4. The predicted octanol–water partition coefficient (Wildman–Crippen LogP) is 2.83. The third-order valence-electron chi connectivity index (χ3n) is 3.99. The van der Waals surface area contributed by atoms with Crippen molar-refractivity contribution in [2.24, 2.45) is 0 Å². The van der Waals surface area contributed by atoms with Crippen LogP contribution in [0.5, 0.6) is 5.75 Å². The molecule has 0 saturated carbocycles. The van der Waals surface area contributed by atoms with Crippen LogP contribution in [0.25, 0.3) is 0 Å². The van der Waals surface area contributed by atoms with Crippen LogP contribution in [0.1, 0.15) is 17.5 Å². The van der Waals surface area contributed by atoms with Gasteiger partial charge in [-0.3, -0.25) is 4.79 Å². The van der Waals surface area contributed by atoms with Gasteiger partial charge in [-0.15, -0.1) is 0 Å². The van der Waals surface area contributed by atoms with E-state index in [0.29, 0.717) is 24.6 Å². The molecular weight excluding hydrogens is 316 g/mol. The summed E-state index contributed by atoms with van der Waals surface area (Å²) in [7, 11) is 0. The van der Waals surface area contributed by atoms with Crippen molar-refractivity contribution >= 4 is 11.6 Å². The van der Waals surface area contributed by atoms with E-state index in [0.717, 1.165) is 29.7 Å². The molecule has 2 N–H and O–H groups in total. The summed E-state index contributed by atoms with van der Waals surface area (Å²) in [4.78, 5) is 12.0. The summed E-state index contributed by atoms with van der Waals surface area (Å²) < 4.78 is 31.4. The Morgan fingerprint density at radius 2 is 2.12 bits per heavy atom. The molecule has 0 saturated heterocycles. The van der Waals surface area contributed by atoms with Crippen LogP contribution < -0.4 is 10.1 Å². The van der Waals surface area contributed by atoms with Gasteiger partial charge in [0.1, 0.15) is 5.82 Å². The minimum Gasteiger partial charge on any atom is -0.481 e. The molecule has 24 heavy (non-hydrogen) atoms. The highest BCUT2D eigenvalue weighted by Gasteiger charge is 2.20. The van der Waals surface area contributed by atoms with E-state index in [-0.39, 0.29) is 5.75 Å². The fraction of sp³-hybridized carbons (Fsp3) is 0.278. The van der Waals surface area contributed by atoms with E-state index < -0.39 is 30.3 Å². The van der Waals surface area contributed by atoms with Crippen LogP contribution in [0, 0.1) is 11.6 Å². The molecule has 0 aliphatic heterocycles. The van der Waals surface area contributed by atoms with Crippen molar-refractivity contribution < 1.29 is 23.4 Å². The number of rotatable bonds is 4. The normalized spacial score (nSPS) is 16.4. The number of benzene rings is 2. The lowest BCUT2D eigenvalue weighted by molar-refractivity contribution is -0.118. The van der Waals surface area contributed by atoms with Crippen molar-refractivity contribution in [1.29, 1.82) is 0 Å². The summed E-state index contributed by atoms with van der Waals surface area (Å²) in [5.74, 6) is -2.20. The Balaban J connectivity index is 1.65. The van der Waals surface area contributed by atoms with Gasteiger partial charge >= 0.3 is 0 Å². The SMILES string of the molecule is O=C(COc1ccc(F)cc1F)Nc1cccc2c1CC(O)CC2. The van der Waals surface area contributed by atoms with Gasteiger partial charge in [0.2, 0.25) is 0 Å². The molecule has 1 aliphatic carbocycles. The molecule has 1 unspecified atom stereocenters. The molecule has 3 rings (SSSR count). The summed E-state index contributed by atoms with van der Waals surface area (Å²) >= 11 is 0. The summed E-state index contributed by atoms with van der Waals surface area (Å²) in [6, 6.07) is 8.47. The molecule has 0 bridgehead atoms. The van der Waals surface area contributed by atoms with Crippen molar-refractivity contribution in [3.8, 4) is 5.75 Å². The summed E-state index contributed by atoms with van der Waals surface area (Å²) in [6.45, 7) is -0.394. The van der Waals surface area contributed by atoms with Gasteiger partial charge in [-0.2, -0.15) is 0 Å². The predicted molar refractivity (Wildman–Crippen MR) is 85.0 cm³/mol. The highest BCUT2D eigenvalue weighted by Crippen LogP contribution is 2.28. The molecule has 1 atom stereocenters. The number of fused-ring (bicyclic) bond motifs is 1. The van der Waals surface area contributed by atoms with Crippen molar-refractivity contribution in [3.63, 3.8) is 0 Å². The average Bonchev–Trinajstić information content (AvgIpc) is 2.54. The molecule has 2 aromatic rings. The zero-order valence-corrected chi connectivity index (χ0v) is 12.9. The van der Waals surface area contributed by atoms with Gasteiger partial charge in [0.05, 0.1) is 6.10 Å². The van der Waals surface area contributed by atoms with Gasteiger partial charge in [-0.25, -0.2) is 8.78 Å². The fourth-order valence-electron chi connectivity index (χ4n) is 2.81. The molecule has 0 radical (unpaired) electrons. The highest BCUT2D eigenvalue weighted by molar-refractivity contribution is 5.92. The molecule has 2 aromatic carbocycles. The Morgan fingerprint density at radius 3 is 2.92 bits per heavy atom. The van der Waals surface area contributed by atoms with E-state index in [9.17, 15) is 18.7 Å². The lowest BCUT2D eigenvalue weighted by atomic mass is 9.88. The van der Waals surface area contributed by atoms with Crippen LogP contribution in [-0.2, 0) is 17.6 Å². The third kappa shape index (κ3) is 3.71. The van der Waals surface area contributed by atoms with Gasteiger partial charge in [0, 0.05) is 18.2 Å². The number of carbonyl (C=O) groups excluding carboxylic acids is 1. The van der Waals surface area contributed by atoms with Crippen LogP contribution in [0.2, 0.25) is 0 Å². The second-order valence-electron chi connectivity index (χ2n) is 5.75. The number of ether oxygens (including phenoxy) is 1. The molecule has 0 fully saturated rings. The van der Waals surface area contributed by atoms with E-state index >= 15 is 0 Å².